The van der Waals surface area contributed by atoms with Gasteiger partial charge in [0.15, 0.2) is 18.2 Å². The van der Waals surface area contributed by atoms with Crippen molar-refractivity contribution in [2.75, 3.05) is 64.0 Å². The van der Waals surface area contributed by atoms with E-state index in [1.54, 1.807) is 16.2 Å². The van der Waals surface area contributed by atoms with Gasteiger partial charge in [-0.15, -0.1) is 17.8 Å². The normalized spacial score (nSPS) is 16.4. The van der Waals surface area contributed by atoms with Gasteiger partial charge in [-0.2, -0.15) is 5.10 Å². The van der Waals surface area contributed by atoms with E-state index in [4.69, 9.17) is 26.0 Å². The Hall–Kier alpha value is -4.09. The minimum absolute atomic E-state index is 0.190. The van der Waals surface area contributed by atoms with Gasteiger partial charge in [0.05, 0.1) is 35.1 Å². The lowest BCUT2D eigenvalue weighted by atomic mass is 10.1. The average Bonchev–Trinajstić information content (AvgIpc) is 3.64. The van der Waals surface area contributed by atoms with E-state index in [1.165, 1.54) is 4.88 Å². The maximum atomic E-state index is 12.4. The zero-order chi connectivity index (χ0) is 27.5. The van der Waals surface area contributed by atoms with Crippen molar-refractivity contribution in [2.45, 2.75) is 6.54 Å². The van der Waals surface area contributed by atoms with Crippen molar-refractivity contribution in [3.05, 3.63) is 35.3 Å². The third-order valence-electron chi connectivity index (χ3n) is 7.04. The molecule has 2 fully saturated rings. The van der Waals surface area contributed by atoms with Crippen LogP contribution in [0.25, 0.3) is 32.5 Å². The van der Waals surface area contributed by atoms with Crippen molar-refractivity contribution in [3.8, 4) is 23.7 Å². The molecule has 4 aromatic rings. The van der Waals surface area contributed by atoms with Crippen LogP contribution in [0.1, 0.15) is 4.88 Å². The standard InChI is InChI=1S/C27H28N8O4S/c1-2-23(36)32-39-17-24(37)34-8-6-33(7-9-34)16-18-14-22-25(40-18)27(35-10-12-38-13-11-35)30-26(29-22)19-4-3-5-21-20(19)15-28-31-21/h1,3-5,14-15H,6-13,16-17H2,(H,28,31)(H,32,36). The number of carbonyl (C=O) groups is 2. The zero-order valence-corrected chi connectivity index (χ0v) is 22.6. The van der Waals surface area contributed by atoms with E-state index in [0.29, 0.717) is 32.1 Å². The number of nitrogens with one attached hydrogen (secondary N) is 2. The highest BCUT2D eigenvalue weighted by atomic mass is 32.1. The highest BCUT2D eigenvalue weighted by molar-refractivity contribution is 7.19. The largest absolute Gasteiger partial charge is 0.378 e. The molecule has 2 amide bonds. The number of thiophene rings is 1. The Morgan fingerprint density at radius 3 is 2.77 bits per heavy atom. The predicted octanol–water partition coefficient (Wildman–Crippen LogP) is 1.40. The number of hydrogen-bond donors (Lipinski definition) is 2. The van der Waals surface area contributed by atoms with Crippen LogP contribution in [0.5, 0.6) is 0 Å². The number of hydroxylamine groups is 1. The van der Waals surface area contributed by atoms with Crippen LogP contribution in [0.15, 0.2) is 30.5 Å². The molecule has 1 aromatic carbocycles. The number of hydrogen-bond acceptors (Lipinski definition) is 10. The Morgan fingerprint density at radius 1 is 1.15 bits per heavy atom. The van der Waals surface area contributed by atoms with E-state index in [0.717, 1.165) is 65.2 Å². The van der Waals surface area contributed by atoms with Gasteiger partial charge in [0, 0.05) is 61.6 Å². The number of morpholine rings is 1. The van der Waals surface area contributed by atoms with Crippen LogP contribution in [0.2, 0.25) is 0 Å². The topological polar surface area (TPSA) is 129 Å². The monoisotopic (exact) mass is 560 g/mol. The van der Waals surface area contributed by atoms with E-state index >= 15 is 0 Å². The Labute approximate surface area is 234 Å². The lowest BCUT2D eigenvalue weighted by molar-refractivity contribution is -0.144. The number of amides is 2. The number of fused-ring (bicyclic) bond motifs is 2. The summed E-state index contributed by atoms with van der Waals surface area (Å²) in [5, 5.41) is 8.22. The van der Waals surface area contributed by atoms with E-state index in [-0.39, 0.29) is 12.5 Å². The molecule has 0 bridgehead atoms. The predicted molar refractivity (Wildman–Crippen MR) is 150 cm³/mol. The van der Waals surface area contributed by atoms with Crippen LogP contribution >= 0.6 is 11.3 Å². The highest BCUT2D eigenvalue weighted by Gasteiger charge is 2.24. The Balaban J connectivity index is 1.20. The summed E-state index contributed by atoms with van der Waals surface area (Å²) in [6.07, 6.45) is 6.79. The molecule has 0 aliphatic carbocycles. The fraction of sp³-hybridized carbons (Fsp3) is 0.370. The summed E-state index contributed by atoms with van der Waals surface area (Å²) in [5.41, 5.74) is 4.86. The Bertz CT molecular complexity index is 1580. The second kappa shape index (κ2) is 11.6. The first-order chi connectivity index (χ1) is 19.6. The number of H-pyrrole nitrogens is 1. The molecule has 2 saturated heterocycles. The first kappa shape index (κ1) is 26.1. The molecule has 0 saturated carbocycles. The first-order valence-corrected chi connectivity index (χ1v) is 13.8. The maximum Gasteiger partial charge on any atom is 0.319 e. The number of aromatic amines is 1. The van der Waals surface area contributed by atoms with E-state index in [1.807, 2.05) is 35.8 Å². The van der Waals surface area contributed by atoms with Gasteiger partial charge in [0.2, 0.25) is 0 Å². The number of aromatic nitrogens is 4. The molecule has 0 spiro atoms. The molecule has 2 N–H and O–H groups in total. The minimum Gasteiger partial charge on any atom is -0.378 e. The van der Waals surface area contributed by atoms with Crippen LogP contribution in [-0.2, 0) is 25.7 Å². The van der Waals surface area contributed by atoms with Crippen LogP contribution in [0.3, 0.4) is 0 Å². The second-order valence-electron chi connectivity index (χ2n) is 9.56. The van der Waals surface area contributed by atoms with Crippen molar-refractivity contribution in [3.63, 3.8) is 0 Å². The quantitative estimate of drug-likeness (QED) is 0.255. The average molecular weight is 561 g/mol. The smallest absolute Gasteiger partial charge is 0.319 e. The molecule has 40 heavy (non-hydrogen) atoms. The summed E-state index contributed by atoms with van der Waals surface area (Å²) in [6.45, 7) is 6.01. The fourth-order valence-electron chi connectivity index (χ4n) is 4.98. The van der Waals surface area contributed by atoms with Gasteiger partial charge in [-0.05, 0) is 18.1 Å². The van der Waals surface area contributed by atoms with Crippen molar-refractivity contribution < 1.29 is 19.2 Å². The first-order valence-electron chi connectivity index (χ1n) is 13.0. The summed E-state index contributed by atoms with van der Waals surface area (Å²) in [4.78, 5) is 46.0. The summed E-state index contributed by atoms with van der Waals surface area (Å²) >= 11 is 1.72. The molecule has 12 nitrogen and oxygen atoms in total. The van der Waals surface area contributed by atoms with E-state index in [2.05, 4.69) is 26.1 Å². The number of benzene rings is 1. The van der Waals surface area contributed by atoms with Crippen LogP contribution in [-0.4, -0.2) is 101 Å². The summed E-state index contributed by atoms with van der Waals surface area (Å²) in [5.74, 6) is 2.58. The Morgan fingerprint density at radius 2 is 1.98 bits per heavy atom. The van der Waals surface area contributed by atoms with Crippen molar-refractivity contribution in [2.24, 2.45) is 0 Å². The van der Waals surface area contributed by atoms with Gasteiger partial charge in [-0.25, -0.2) is 15.4 Å². The van der Waals surface area contributed by atoms with E-state index in [9.17, 15) is 9.59 Å². The third kappa shape index (κ3) is 5.47. The van der Waals surface area contributed by atoms with Crippen LogP contribution in [0.4, 0.5) is 5.82 Å². The summed E-state index contributed by atoms with van der Waals surface area (Å²) in [6, 6.07) is 8.17. The molecule has 2 aliphatic rings. The van der Waals surface area contributed by atoms with Gasteiger partial charge in [0.25, 0.3) is 5.91 Å². The van der Waals surface area contributed by atoms with Gasteiger partial charge in [-0.3, -0.25) is 24.4 Å². The number of rotatable bonds is 7. The van der Waals surface area contributed by atoms with Gasteiger partial charge >= 0.3 is 5.91 Å². The zero-order valence-electron chi connectivity index (χ0n) is 21.8. The molecule has 2 aliphatic heterocycles. The second-order valence-corrected chi connectivity index (χ2v) is 10.7. The molecule has 0 unspecified atom stereocenters. The number of terminal acetylenes is 1. The molecule has 206 valence electrons. The molecular weight excluding hydrogens is 532 g/mol. The number of carbonyl (C=O) groups excluding carboxylic acids is 2. The number of piperazine rings is 1. The van der Waals surface area contributed by atoms with Gasteiger partial charge < -0.3 is 14.5 Å². The molecule has 3 aromatic heterocycles. The van der Waals surface area contributed by atoms with Crippen molar-refractivity contribution >= 4 is 50.1 Å². The van der Waals surface area contributed by atoms with Crippen LogP contribution in [0, 0.1) is 12.3 Å². The molecule has 0 radical (unpaired) electrons. The third-order valence-corrected chi connectivity index (χ3v) is 8.14. The lowest BCUT2D eigenvalue weighted by Gasteiger charge is -2.34. The molecule has 6 rings (SSSR count). The number of ether oxygens (including phenoxy) is 1. The minimum atomic E-state index is -0.715. The van der Waals surface area contributed by atoms with Gasteiger partial charge in [0.1, 0.15) is 0 Å². The molecule has 0 atom stereocenters. The summed E-state index contributed by atoms with van der Waals surface area (Å²) < 4.78 is 6.67. The highest BCUT2D eigenvalue weighted by Crippen LogP contribution is 2.36. The van der Waals surface area contributed by atoms with Gasteiger partial charge in [-0.1, -0.05) is 12.1 Å². The molecule has 13 heteroatoms. The Kier molecular flexibility index (Phi) is 7.56. The lowest BCUT2D eigenvalue weighted by Crippen LogP contribution is -2.49. The maximum absolute atomic E-state index is 12.4. The number of nitrogens with zero attached hydrogens (tertiary/aromatic N) is 6. The SMILES string of the molecule is C#CC(=O)NOCC(=O)N1CCN(Cc2cc3nc(-c4cccc5[nH]ncc45)nc(N4CCOCC4)c3s2)CC1. The van der Waals surface area contributed by atoms with E-state index < -0.39 is 5.91 Å². The van der Waals surface area contributed by atoms with Crippen molar-refractivity contribution in [1.29, 1.82) is 0 Å². The molecular formula is C27H28N8O4S. The molecule has 5 heterocycles. The number of anilines is 1. The van der Waals surface area contributed by atoms with Crippen molar-refractivity contribution in [1.82, 2.24) is 35.4 Å². The van der Waals surface area contributed by atoms with Crippen LogP contribution < -0.4 is 10.4 Å². The summed E-state index contributed by atoms with van der Waals surface area (Å²) in [7, 11) is 0. The fourth-order valence-corrected chi connectivity index (χ4v) is 6.13.